The summed E-state index contributed by atoms with van der Waals surface area (Å²) in [7, 11) is 0. The second-order valence-corrected chi connectivity index (χ2v) is 4.27. The first-order chi connectivity index (χ1) is 8.47. The molecule has 104 valence electrons. The quantitative estimate of drug-likeness (QED) is 0.503. The van der Waals surface area contributed by atoms with E-state index in [1.165, 1.54) is 0 Å². The van der Waals surface area contributed by atoms with E-state index in [9.17, 15) is 14.4 Å². The smallest absolute Gasteiger partial charge is 0.326 e. The van der Waals surface area contributed by atoms with E-state index in [1.54, 1.807) is 0 Å². The number of carboxylic acids is 1. The van der Waals surface area contributed by atoms with Crippen molar-refractivity contribution in [1.82, 2.24) is 5.32 Å². The number of amides is 2. The van der Waals surface area contributed by atoms with E-state index < -0.39 is 17.9 Å². The van der Waals surface area contributed by atoms with Crippen molar-refractivity contribution in [3.63, 3.8) is 0 Å². The van der Waals surface area contributed by atoms with Gasteiger partial charge in [0.15, 0.2) is 0 Å². The number of carboxylic acid groups (broad SMARTS) is 1. The Balaban J connectivity index is 3.96. The number of unbranched alkanes of at least 4 members (excludes halogenated alkanes) is 3. The first-order valence-electron chi connectivity index (χ1n) is 6.27. The lowest BCUT2D eigenvalue weighted by Crippen LogP contribution is -2.41. The van der Waals surface area contributed by atoms with Crippen molar-refractivity contribution in [3.8, 4) is 0 Å². The SMILES string of the molecule is CCCCCCC(=O)N[C@@H](CCC(N)=O)C(=O)O. The zero-order valence-corrected chi connectivity index (χ0v) is 10.8. The van der Waals surface area contributed by atoms with Crippen molar-refractivity contribution < 1.29 is 19.5 Å². The summed E-state index contributed by atoms with van der Waals surface area (Å²) in [4.78, 5) is 32.9. The minimum atomic E-state index is -1.14. The van der Waals surface area contributed by atoms with Crippen LogP contribution in [0.2, 0.25) is 0 Å². The minimum absolute atomic E-state index is 0.0331. The van der Waals surface area contributed by atoms with E-state index in [0.717, 1.165) is 25.7 Å². The largest absolute Gasteiger partial charge is 0.480 e. The average Bonchev–Trinajstić information content (AvgIpc) is 2.29. The fraction of sp³-hybridized carbons (Fsp3) is 0.750. The van der Waals surface area contributed by atoms with Crippen LogP contribution in [0, 0.1) is 0 Å². The van der Waals surface area contributed by atoms with Gasteiger partial charge in [-0.2, -0.15) is 0 Å². The van der Waals surface area contributed by atoms with E-state index in [1.807, 2.05) is 0 Å². The second kappa shape index (κ2) is 9.44. The molecule has 0 saturated carbocycles. The summed E-state index contributed by atoms with van der Waals surface area (Å²) >= 11 is 0. The van der Waals surface area contributed by atoms with Gasteiger partial charge in [0.05, 0.1) is 0 Å². The predicted molar refractivity (Wildman–Crippen MR) is 66.8 cm³/mol. The van der Waals surface area contributed by atoms with Gasteiger partial charge in [0.25, 0.3) is 0 Å². The monoisotopic (exact) mass is 258 g/mol. The number of hydrogen-bond donors (Lipinski definition) is 3. The number of rotatable bonds is 10. The van der Waals surface area contributed by atoms with Crippen molar-refractivity contribution in [2.75, 3.05) is 0 Å². The summed E-state index contributed by atoms with van der Waals surface area (Å²) in [5, 5.41) is 11.3. The third kappa shape index (κ3) is 8.55. The normalized spacial score (nSPS) is 11.8. The van der Waals surface area contributed by atoms with Crippen LogP contribution in [0.15, 0.2) is 0 Å². The highest BCUT2D eigenvalue weighted by molar-refractivity contribution is 5.84. The lowest BCUT2D eigenvalue weighted by molar-refractivity contribution is -0.142. The molecule has 0 fully saturated rings. The molecular weight excluding hydrogens is 236 g/mol. The van der Waals surface area contributed by atoms with Crippen molar-refractivity contribution in [2.24, 2.45) is 5.73 Å². The van der Waals surface area contributed by atoms with Gasteiger partial charge < -0.3 is 16.2 Å². The van der Waals surface area contributed by atoms with Crippen molar-refractivity contribution >= 4 is 17.8 Å². The molecule has 0 heterocycles. The van der Waals surface area contributed by atoms with Gasteiger partial charge >= 0.3 is 5.97 Å². The van der Waals surface area contributed by atoms with Crippen LogP contribution in [0.5, 0.6) is 0 Å². The highest BCUT2D eigenvalue weighted by Gasteiger charge is 2.19. The first kappa shape index (κ1) is 16.4. The molecule has 0 rings (SSSR count). The van der Waals surface area contributed by atoms with E-state index in [0.29, 0.717) is 6.42 Å². The van der Waals surface area contributed by atoms with Gasteiger partial charge in [-0.1, -0.05) is 26.2 Å². The zero-order valence-electron chi connectivity index (χ0n) is 10.8. The molecule has 1 atom stereocenters. The Kier molecular flexibility index (Phi) is 8.61. The van der Waals surface area contributed by atoms with Gasteiger partial charge in [-0.25, -0.2) is 4.79 Å². The maximum absolute atomic E-state index is 11.5. The summed E-state index contributed by atoms with van der Waals surface area (Å²) in [6.45, 7) is 2.07. The minimum Gasteiger partial charge on any atom is -0.480 e. The average molecular weight is 258 g/mol. The van der Waals surface area contributed by atoms with E-state index in [4.69, 9.17) is 10.8 Å². The third-order valence-corrected chi connectivity index (χ3v) is 2.57. The molecule has 0 spiro atoms. The molecule has 0 saturated heterocycles. The van der Waals surface area contributed by atoms with E-state index in [2.05, 4.69) is 12.2 Å². The molecule has 6 heteroatoms. The van der Waals surface area contributed by atoms with Gasteiger partial charge in [0, 0.05) is 12.8 Å². The van der Waals surface area contributed by atoms with Crippen LogP contribution in [0.3, 0.4) is 0 Å². The standard InChI is InChI=1S/C12H22N2O4/c1-2-3-4-5-6-11(16)14-9(12(17)18)7-8-10(13)15/h9H,2-8H2,1H3,(H2,13,15)(H,14,16)(H,17,18)/t9-/m0/s1. The summed E-state index contributed by atoms with van der Waals surface area (Å²) in [5.74, 6) is -2.00. The van der Waals surface area contributed by atoms with Gasteiger partial charge in [0.2, 0.25) is 11.8 Å². The molecule has 0 aliphatic rings. The molecule has 0 aromatic carbocycles. The highest BCUT2D eigenvalue weighted by Crippen LogP contribution is 2.04. The lowest BCUT2D eigenvalue weighted by atomic mass is 10.1. The number of carbonyl (C=O) groups is 3. The summed E-state index contributed by atoms with van der Waals surface area (Å²) in [6, 6.07) is -1.03. The maximum atomic E-state index is 11.5. The second-order valence-electron chi connectivity index (χ2n) is 4.27. The molecule has 0 radical (unpaired) electrons. The molecule has 6 nitrogen and oxygen atoms in total. The van der Waals surface area contributed by atoms with Crippen LogP contribution in [-0.4, -0.2) is 28.9 Å². The van der Waals surface area contributed by atoms with Gasteiger partial charge in [0.1, 0.15) is 6.04 Å². The van der Waals surface area contributed by atoms with Crippen molar-refractivity contribution in [3.05, 3.63) is 0 Å². The number of primary amides is 1. The Hall–Kier alpha value is -1.59. The predicted octanol–water partition coefficient (Wildman–Crippen LogP) is 0.792. The molecule has 4 N–H and O–H groups in total. The van der Waals surface area contributed by atoms with Crippen molar-refractivity contribution in [2.45, 2.75) is 57.9 Å². The number of hydrogen-bond acceptors (Lipinski definition) is 3. The number of nitrogens with one attached hydrogen (secondary N) is 1. The molecule has 0 aliphatic carbocycles. The molecule has 0 unspecified atom stereocenters. The zero-order chi connectivity index (χ0) is 14.0. The number of nitrogens with two attached hydrogens (primary N) is 1. The molecular formula is C12H22N2O4. The molecule has 0 aliphatic heterocycles. The number of carbonyl (C=O) groups excluding carboxylic acids is 2. The Labute approximate surface area is 107 Å². The van der Waals surface area contributed by atoms with Crippen LogP contribution in [0.4, 0.5) is 0 Å². The van der Waals surface area contributed by atoms with Crippen LogP contribution in [0.1, 0.15) is 51.9 Å². The molecule has 0 aromatic rings. The third-order valence-electron chi connectivity index (χ3n) is 2.57. The molecule has 2 amide bonds. The Morgan fingerprint density at radius 3 is 2.33 bits per heavy atom. The van der Waals surface area contributed by atoms with Crippen LogP contribution in [0.25, 0.3) is 0 Å². The van der Waals surface area contributed by atoms with Gasteiger partial charge in [-0.3, -0.25) is 9.59 Å². The lowest BCUT2D eigenvalue weighted by Gasteiger charge is -2.13. The molecule has 0 aromatic heterocycles. The van der Waals surface area contributed by atoms with E-state index >= 15 is 0 Å². The summed E-state index contributed by atoms with van der Waals surface area (Å²) < 4.78 is 0. The Bertz CT molecular complexity index is 292. The topological polar surface area (TPSA) is 109 Å². The van der Waals surface area contributed by atoms with Crippen molar-refractivity contribution in [1.29, 1.82) is 0 Å². The van der Waals surface area contributed by atoms with E-state index in [-0.39, 0.29) is 18.7 Å². The first-order valence-corrected chi connectivity index (χ1v) is 6.27. The molecule has 18 heavy (non-hydrogen) atoms. The van der Waals surface area contributed by atoms with Crippen LogP contribution < -0.4 is 11.1 Å². The Morgan fingerprint density at radius 1 is 1.17 bits per heavy atom. The maximum Gasteiger partial charge on any atom is 0.326 e. The highest BCUT2D eigenvalue weighted by atomic mass is 16.4. The van der Waals surface area contributed by atoms with Gasteiger partial charge in [-0.05, 0) is 12.8 Å². The summed E-state index contributed by atoms with van der Waals surface area (Å²) in [6.07, 6.45) is 4.17. The summed E-state index contributed by atoms with van der Waals surface area (Å²) in [5.41, 5.74) is 4.94. The van der Waals surface area contributed by atoms with Crippen LogP contribution in [-0.2, 0) is 14.4 Å². The Morgan fingerprint density at radius 2 is 1.83 bits per heavy atom. The fourth-order valence-corrected chi connectivity index (χ4v) is 1.52. The van der Waals surface area contributed by atoms with Gasteiger partial charge in [-0.15, -0.1) is 0 Å². The molecule has 0 bridgehead atoms. The van der Waals surface area contributed by atoms with Crippen LogP contribution >= 0.6 is 0 Å². The number of aliphatic carboxylic acids is 1. The fourth-order valence-electron chi connectivity index (χ4n) is 1.52.